The summed E-state index contributed by atoms with van der Waals surface area (Å²) >= 11 is 0. The highest BCUT2D eigenvalue weighted by Gasteiger charge is 2.34. The Morgan fingerprint density at radius 1 is 1.48 bits per heavy atom. The lowest BCUT2D eigenvalue weighted by Gasteiger charge is -2.30. The van der Waals surface area contributed by atoms with E-state index >= 15 is 0 Å². The van der Waals surface area contributed by atoms with E-state index in [9.17, 15) is 23.3 Å². The van der Waals surface area contributed by atoms with Gasteiger partial charge in [-0.15, -0.1) is 0 Å². The third-order valence-electron chi connectivity index (χ3n) is 3.67. The van der Waals surface area contributed by atoms with Crippen LogP contribution in [-0.4, -0.2) is 43.3 Å². The smallest absolute Gasteiger partial charge is 0.310 e. The second kappa shape index (κ2) is 7.05. The van der Waals surface area contributed by atoms with E-state index in [-0.39, 0.29) is 30.3 Å². The molecule has 1 fully saturated rings. The maximum atomic E-state index is 12.6. The Kier molecular flexibility index (Phi) is 5.32. The summed E-state index contributed by atoms with van der Waals surface area (Å²) in [7, 11) is -3.88. The zero-order valence-corrected chi connectivity index (χ0v) is 13.5. The number of nitrogens with zero attached hydrogens (tertiary/aromatic N) is 2. The second-order valence-electron chi connectivity index (χ2n) is 5.21. The molecular weight excluding hydrogens is 324 g/mol. The molecule has 0 aromatic heterocycles. The number of nitro groups is 1. The molecule has 0 N–H and O–H groups in total. The van der Waals surface area contributed by atoms with Gasteiger partial charge in [0, 0.05) is 25.2 Å². The fourth-order valence-electron chi connectivity index (χ4n) is 2.52. The van der Waals surface area contributed by atoms with Gasteiger partial charge in [-0.1, -0.05) is 6.07 Å². The van der Waals surface area contributed by atoms with E-state index in [4.69, 9.17) is 4.74 Å². The minimum Gasteiger partial charge on any atom is -0.466 e. The molecule has 9 heteroatoms. The summed E-state index contributed by atoms with van der Waals surface area (Å²) in [6, 6.07) is 4.91. The van der Waals surface area contributed by atoms with Crippen LogP contribution >= 0.6 is 0 Å². The first-order chi connectivity index (χ1) is 10.9. The molecular formula is C14H18N2O6S. The van der Waals surface area contributed by atoms with Crippen molar-refractivity contribution in [3.63, 3.8) is 0 Å². The number of hydrogen-bond acceptors (Lipinski definition) is 6. The minimum atomic E-state index is -3.88. The summed E-state index contributed by atoms with van der Waals surface area (Å²) in [6.07, 6.45) is 1.11. The number of non-ortho nitro benzene ring substituents is 1. The van der Waals surface area contributed by atoms with Crippen LogP contribution in [0.1, 0.15) is 19.8 Å². The quantitative estimate of drug-likeness (QED) is 0.456. The maximum Gasteiger partial charge on any atom is 0.310 e. The number of sulfonamides is 1. The molecule has 0 unspecified atom stereocenters. The Balaban J connectivity index is 2.23. The van der Waals surface area contributed by atoms with Crippen LogP contribution in [0, 0.1) is 16.0 Å². The Bertz CT molecular complexity index is 703. The highest BCUT2D eigenvalue weighted by molar-refractivity contribution is 7.89. The van der Waals surface area contributed by atoms with E-state index in [1.54, 1.807) is 6.92 Å². The zero-order valence-electron chi connectivity index (χ0n) is 12.7. The van der Waals surface area contributed by atoms with Crippen molar-refractivity contribution in [2.75, 3.05) is 19.7 Å². The average Bonchev–Trinajstić information content (AvgIpc) is 2.55. The van der Waals surface area contributed by atoms with Gasteiger partial charge in [-0.2, -0.15) is 4.31 Å². The van der Waals surface area contributed by atoms with E-state index in [1.807, 2.05) is 0 Å². The predicted molar refractivity (Wildman–Crippen MR) is 81.2 cm³/mol. The fraction of sp³-hybridized carbons (Fsp3) is 0.500. The highest BCUT2D eigenvalue weighted by atomic mass is 32.2. The molecule has 1 aliphatic rings. The number of carbonyl (C=O) groups is 1. The van der Waals surface area contributed by atoms with Gasteiger partial charge in [-0.05, 0) is 25.8 Å². The normalized spacial score (nSPS) is 19.3. The fourth-order valence-corrected chi connectivity index (χ4v) is 4.08. The van der Waals surface area contributed by atoms with Gasteiger partial charge in [0.2, 0.25) is 10.0 Å². The van der Waals surface area contributed by atoms with Crippen molar-refractivity contribution in [1.29, 1.82) is 0 Å². The number of benzene rings is 1. The SMILES string of the molecule is CCOC(=O)[C@H]1CCCN(S(=O)(=O)c2cccc([N+](=O)[O-])c2)C1. The molecule has 0 amide bonds. The number of hydrogen-bond donors (Lipinski definition) is 0. The Morgan fingerprint density at radius 2 is 2.22 bits per heavy atom. The number of rotatable bonds is 5. The lowest BCUT2D eigenvalue weighted by molar-refractivity contribution is -0.385. The predicted octanol–water partition coefficient (Wildman–Crippen LogP) is 1.56. The third-order valence-corrected chi connectivity index (χ3v) is 5.53. The van der Waals surface area contributed by atoms with E-state index < -0.39 is 26.8 Å². The van der Waals surface area contributed by atoms with Crippen LogP contribution in [0.3, 0.4) is 0 Å². The molecule has 2 rings (SSSR count). The summed E-state index contributed by atoms with van der Waals surface area (Å²) in [5.74, 6) is -0.913. The summed E-state index contributed by atoms with van der Waals surface area (Å²) in [5, 5.41) is 10.8. The number of ether oxygens (including phenoxy) is 1. The number of nitro benzene ring substituents is 1. The number of esters is 1. The topological polar surface area (TPSA) is 107 Å². The first-order valence-electron chi connectivity index (χ1n) is 7.27. The summed E-state index contributed by atoms with van der Waals surface area (Å²) in [5.41, 5.74) is -0.287. The van der Waals surface area contributed by atoms with E-state index in [1.165, 1.54) is 22.5 Å². The molecule has 0 bridgehead atoms. The molecule has 1 aliphatic heterocycles. The Hall–Kier alpha value is -2.00. The van der Waals surface area contributed by atoms with Crippen molar-refractivity contribution in [3.8, 4) is 0 Å². The van der Waals surface area contributed by atoms with Crippen molar-refractivity contribution < 1.29 is 22.9 Å². The summed E-state index contributed by atoms with van der Waals surface area (Å²) in [4.78, 5) is 21.8. The molecule has 1 aromatic carbocycles. The molecule has 1 atom stereocenters. The highest BCUT2D eigenvalue weighted by Crippen LogP contribution is 2.26. The average molecular weight is 342 g/mol. The molecule has 126 valence electrons. The summed E-state index contributed by atoms with van der Waals surface area (Å²) in [6.45, 7) is 2.25. The minimum absolute atomic E-state index is 0.0316. The van der Waals surface area contributed by atoms with Crippen LogP contribution in [0.15, 0.2) is 29.2 Å². The van der Waals surface area contributed by atoms with Crippen molar-refractivity contribution in [2.45, 2.75) is 24.7 Å². The van der Waals surface area contributed by atoms with Crippen LogP contribution in [0.4, 0.5) is 5.69 Å². The van der Waals surface area contributed by atoms with E-state index in [0.29, 0.717) is 12.8 Å². The molecule has 23 heavy (non-hydrogen) atoms. The Morgan fingerprint density at radius 3 is 2.87 bits per heavy atom. The number of carbonyl (C=O) groups excluding carboxylic acids is 1. The van der Waals surface area contributed by atoms with Gasteiger partial charge in [0.25, 0.3) is 5.69 Å². The third kappa shape index (κ3) is 3.85. The zero-order chi connectivity index (χ0) is 17.0. The first kappa shape index (κ1) is 17.4. The lowest BCUT2D eigenvalue weighted by atomic mass is 10.0. The van der Waals surface area contributed by atoms with Gasteiger partial charge >= 0.3 is 5.97 Å². The first-order valence-corrected chi connectivity index (χ1v) is 8.71. The van der Waals surface area contributed by atoms with Crippen LogP contribution in [0.5, 0.6) is 0 Å². The van der Waals surface area contributed by atoms with Gasteiger partial charge in [0.15, 0.2) is 0 Å². The standard InChI is InChI=1S/C14H18N2O6S/c1-2-22-14(17)11-5-4-8-15(10-11)23(20,21)13-7-3-6-12(9-13)16(18)19/h3,6-7,9,11H,2,4-5,8,10H2,1H3/t11-/m0/s1. The van der Waals surface area contributed by atoms with Gasteiger partial charge in [0.05, 0.1) is 22.3 Å². The monoisotopic (exact) mass is 342 g/mol. The van der Waals surface area contributed by atoms with Crippen LogP contribution < -0.4 is 0 Å². The van der Waals surface area contributed by atoms with Gasteiger partial charge in [0.1, 0.15) is 0 Å². The van der Waals surface area contributed by atoms with E-state index in [2.05, 4.69) is 0 Å². The molecule has 0 aliphatic carbocycles. The molecule has 0 saturated carbocycles. The van der Waals surface area contributed by atoms with Crippen molar-refractivity contribution in [2.24, 2.45) is 5.92 Å². The van der Waals surface area contributed by atoms with Gasteiger partial charge < -0.3 is 4.74 Å². The van der Waals surface area contributed by atoms with Gasteiger partial charge in [-0.3, -0.25) is 14.9 Å². The van der Waals surface area contributed by atoms with Crippen molar-refractivity contribution >= 4 is 21.7 Å². The molecule has 0 radical (unpaired) electrons. The van der Waals surface area contributed by atoms with E-state index in [0.717, 1.165) is 6.07 Å². The molecule has 0 spiro atoms. The van der Waals surface area contributed by atoms with Gasteiger partial charge in [-0.25, -0.2) is 8.42 Å². The van der Waals surface area contributed by atoms with Crippen LogP contribution in [0.2, 0.25) is 0 Å². The molecule has 1 saturated heterocycles. The van der Waals surface area contributed by atoms with Crippen LogP contribution in [-0.2, 0) is 19.6 Å². The second-order valence-corrected chi connectivity index (χ2v) is 7.15. The molecule has 1 aromatic rings. The molecule has 8 nitrogen and oxygen atoms in total. The molecule has 1 heterocycles. The lowest BCUT2D eigenvalue weighted by Crippen LogP contribution is -2.42. The summed E-state index contributed by atoms with van der Waals surface area (Å²) < 4.78 is 31.4. The maximum absolute atomic E-state index is 12.6. The Labute approximate surface area is 134 Å². The number of piperidine rings is 1. The van der Waals surface area contributed by atoms with Crippen molar-refractivity contribution in [1.82, 2.24) is 4.31 Å². The van der Waals surface area contributed by atoms with Crippen molar-refractivity contribution in [3.05, 3.63) is 34.4 Å². The largest absolute Gasteiger partial charge is 0.466 e. The van der Waals surface area contributed by atoms with Crippen LogP contribution in [0.25, 0.3) is 0 Å².